The van der Waals surface area contributed by atoms with Crippen molar-refractivity contribution in [1.29, 1.82) is 0 Å². The fourth-order valence-corrected chi connectivity index (χ4v) is 3.66. The SMILES string of the molecule is COC(=O)[C@]12CC[C@H](C1=O)[C@H](O)C[C@H]2c1ccco1. The molecule has 0 aromatic carbocycles. The number of methoxy groups -OCH3 is 1. The molecular weight excluding hydrogens is 248 g/mol. The number of ether oxygens (including phenoxy) is 1. The van der Waals surface area contributed by atoms with Gasteiger partial charge < -0.3 is 14.3 Å². The summed E-state index contributed by atoms with van der Waals surface area (Å²) in [6.45, 7) is 0. The van der Waals surface area contributed by atoms with Crippen LogP contribution in [0.1, 0.15) is 30.9 Å². The molecule has 4 atom stereocenters. The lowest BCUT2D eigenvalue weighted by Gasteiger charge is -2.38. The number of rotatable bonds is 2. The van der Waals surface area contributed by atoms with E-state index >= 15 is 0 Å². The van der Waals surface area contributed by atoms with Crippen molar-refractivity contribution >= 4 is 11.8 Å². The predicted molar refractivity (Wildman–Crippen MR) is 64.3 cm³/mol. The Bertz CT molecular complexity index is 506. The first-order chi connectivity index (χ1) is 9.11. The molecule has 2 aliphatic carbocycles. The van der Waals surface area contributed by atoms with E-state index in [1.54, 1.807) is 12.1 Å². The maximum absolute atomic E-state index is 12.5. The molecule has 1 aromatic rings. The molecule has 0 unspecified atom stereocenters. The normalized spacial score (nSPS) is 37.4. The van der Waals surface area contributed by atoms with Crippen LogP contribution in [-0.4, -0.2) is 30.1 Å². The molecular formula is C14H16O5. The van der Waals surface area contributed by atoms with Crippen LogP contribution in [0.5, 0.6) is 0 Å². The van der Waals surface area contributed by atoms with Gasteiger partial charge in [-0.05, 0) is 31.4 Å². The Labute approximate surface area is 110 Å². The van der Waals surface area contributed by atoms with Crippen molar-refractivity contribution < 1.29 is 23.8 Å². The quantitative estimate of drug-likeness (QED) is 0.643. The highest BCUT2D eigenvalue weighted by Gasteiger charge is 2.64. The summed E-state index contributed by atoms with van der Waals surface area (Å²) in [5.41, 5.74) is -1.17. The minimum absolute atomic E-state index is 0.195. The molecule has 0 aliphatic heterocycles. The van der Waals surface area contributed by atoms with E-state index < -0.39 is 29.3 Å². The molecule has 102 valence electrons. The number of aliphatic hydroxyl groups is 1. The van der Waals surface area contributed by atoms with E-state index in [0.29, 0.717) is 25.0 Å². The minimum Gasteiger partial charge on any atom is -0.469 e. The number of esters is 1. The Morgan fingerprint density at radius 2 is 2.37 bits per heavy atom. The average molecular weight is 264 g/mol. The van der Waals surface area contributed by atoms with Crippen LogP contribution in [0, 0.1) is 11.3 Å². The third-order valence-electron chi connectivity index (χ3n) is 4.60. The van der Waals surface area contributed by atoms with E-state index in [9.17, 15) is 14.7 Å². The number of carbonyl (C=O) groups is 2. The third kappa shape index (κ3) is 1.51. The first-order valence-electron chi connectivity index (χ1n) is 6.45. The van der Waals surface area contributed by atoms with Crippen LogP contribution in [0.4, 0.5) is 0 Å². The second-order valence-electron chi connectivity index (χ2n) is 5.34. The average Bonchev–Trinajstić information content (AvgIpc) is 3.00. The molecule has 0 radical (unpaired) electrons. The highest BCUT2D eigenvalue weighted by atomic mass is 16.5. The Morgan fingerprint density at radius 1 is 1.58 bits per heavy atom. The maximum Gasteiger partial charge on any atom is 0.320 e. The van der Waals surface area contributed by atoms with Gasteiger partial charge in [0, 0.05) is 11.8 Å². The molecule has 2 fully saturated rings. The smallest absolute Gasteiger partial charge is 0.320 e. The molecule has 2 aliphatic rings. The van der Waals surface area contributed by atoms with Gasteiger partial charge in [-0.25, -0.2) is 0 Å². The van der Waals surface area contributed by atoms with Crippen LogP contribution in [-0.2, 0) is 14.3 Å². The highest BCUT2D eigenvalue weighted by Crippen LogP contribution is 2.56. The van der Waals surface area contributed by atoms with E-state index in [2.05, 4.69) is 0 Å². The van der Waals surface area contributed by atoms with Crippen molar-refractivity contribution in [3.63, 3.8) is 0 Å². The molecule has 2 bridgehead atoms. The summed E-state index contributed by atoms with van der Waals surface area (Å²) in [5.74, 6) is -1.01. The number of fused-ring (bicyclic) bond motifs is 2. The summed E-state index contributed by atoms with van der Waals surface area (Å²) in [4.78, 5) is 24.7. The lowest BCUT2D eigenvalue weighted by molar-refractivity contribution is -0.163. The van der Waals surface area contributed by atoms with Crippen molar-refractivity contribution in [2.45, 2.75) is 31.3 Å². The molecule has 19 heavy (non-hydrogen) atoms. The zero-order valence-corrected chi connectivity index (χ0v) is 10.7. The standard InChI is InChI=1S/C14H16O5/c1-18-13(17)14-5-4-8(12(14)16)10(15)7-9(14)11-3-2-6-19-11/h2-3,6,8-10,15H,4-5,7H2,1H3/t8-,9-,10+,14-/m0/s1. The van der Waals surface area contributed by atoms with Crippen molar-refractivity contribution in [2.75, 3.05) is 7.11 Å². The summed E-state index contributed by atoms with van der Waals surface area (Å²) < 4.78 is 10.2. The van der Waals surface area contributed by atoms with Crippen LogP contribution >= 0.6 is 0 Å². The van der Waals surface area contributed by atoms with Crippen molar-refractivity contribution in [1.82, 2.24) is 0 Å². The lowest BCUT2D eigenvalue weighted by atomic mass is 9.64. The molecule has 5 nitrogen and oxygen atoms in total. The fraction of sp³-hybridized carbons (Fsp3) is 0.571. The van der Waals surface area contributed by atoms with Gasteiger partial charge in [-0.3, -0.25) is 9.59 Å². The van der Waals surface area contributed by atoms with Crippen molar-refractivity contribution in [3.8, 4) is 0 Å². The maximum atomic E-state index is 12.5. The summed E-state index contributed by atoms with van der Waals surface area (Å²) in [6.07, 6.45) is 2.12. The zero-order valence-electron chi connectivity index (χ0n) is 10.7. The number of aliphatic hydroxyl groups excluding tert-OH is 1. The first kappa shape index (κ1) is 12.4. The number of furan rings is 1. The van der Waals surface area contributed by atoms with Gasteiger partial charge in [0.05, 0.1) is 19.5 Å². The summed E-state index contributed by atoms with van der Waals surface area (Å²) in [5, 5.41) is 10.1. The van der Waals surface area contributed by atoms with Gasteiger partial charge in [0.15, 0.2) is 5.78 Å². The van der Waals surface area contributed by atoms with E-state index in [1.165, 1.54) is 13.4 Å². The molecule has 1 aromatic heterocycles. The molecule has 0 amide bonds. The van der Waals surface area contributed by atoms with Crippen molar-refractivity contribution in [2.24, 2.45) is 11.3 Å². The molecule has 1 heterocycles. The monoisotopic (exact) mass is 264 g/mol. The van der Waals surface area contributed by atoms with E-state index in [-0.39, 0.29) is 5.78 Å². The highest BCUT2D eigenvalue weighted by molar-refractivity contribution is 6.08. The number of hydrogen-bond donors (Lipinski definition) is 1. The van der Waals surface area contributed by atoms with E-state index in [4.69, 9.17) is 9.15 Å². The molecule has 1 N–H and O–H groups in total. The van der Waals surface area contributed by atoms with Gasteiger partial charge in [-0.1, -0.05) is 0 Å². The van der Waals surface area contributed by atoms with Gasteiger partial charge in [0.25, 0.3) is 0 Å². The van der Waals surface area contributed by atoms with Crippen LogP contribution < -0.4 is 0 Å². The topological polar surface area (TPSA) is 76.7 Å². The van der Waals surface area contributed by atoms with Crippen LogP contribution in [0.25, 0.3) is 0 Å². The Balaban J connectivity index is 2.10. The van der Waals surface area contributed by atoms with Crippen LogP contribution in [0.2, 0.25) is 0 Å². The van der Waals surface area contributed by atoms with Gasteiger partial charge in [0.1, 0.15) is 11.2 Å². The lowest BCUT2D eigenvalue weighted by Crippen LogP contribution is -2.49. The molecule has 2 saturated carbocycles. The molecule has 5 heteroatoms. The van der Waals surface area contributed by atoms with Gasteiger partial charge >= 0.3 is 5.97 Å². The molecule has 3 rings (SSSR count). The summed E-state index contributed by atoms with van der Waals surface area (Å²) in [7, 11) is 1.29. The van der Waals surface area contributed by atoms with Gasteiger partial charge in [-0.15, -0.1) is 0 Å². The second-order valence-corrected chi connectivity index (χ2v) is 5.34. The Morgan fingerprint density at radius 3 is 3.00 bits per heavy atom. The Hall–Kier alpha value is -1.62. The largest absolute Gasteiger partial charge is 0.469 e. The van der Waals surface area contributed by atoms with Crippen LogP contribution in [0.15, 0.2) is 22.8 Å². The number of Topliss-reactive ketones (excluding diaryl/α,β-unsaturated/α-hetero) is 1. The Kier molecular flexibility index (Phi) is 2.74. The number of ketones is 1. The van der Waals surface area contributed by atoms with Gasteiger partial charge in [0.2, 0.25) is 0 Å². The van der Waals surface area contributed by atoms with Crippen LogP contribution in [0.3, 0.4) is 0 Å². The second kappa shape index (κ2) is 4.20. The summed E-state index contributed by atoms with van der Waals surface area (Å²) >= 11 is 0. The first-order valence-corrected chi connectivity index (χ1v) is 6.45. The fourth-order valence-electron chi connectivity index (χ4n) is 3.66. The number of hydrogen-bond acceptors (Lipinski definition) is 5. The zero-order chi connectivity index (χ0) is 13.6. The minimum atomic E-state index is -1.17. The molecule has 0 spiro atoms. The van der Waals surface area contributed by atoms with E-state index in [0.717, 1.165) is 0 Å². The summed E-state index contributed by atoms with van der Waals surface area (Å²) in [6, 6.07) is 3.46. The van der Waals surface area contributed by atoms with Crippen molar-refractivity contribution in [3.05, 3.63) is 24.2 Å². The van der Waals surface area contributed by atoms with Gasteiger partial charge in [-0.2, -0.15) is 0 Å². The third-order valence-corrected chi connectivity index (χ3v) is 4.60. The molecule has 0 saturated heterocycles. The predicted octanol–water partition coefficient (Wildman–Crippen LogP) is 1.27. The number of carbonyl (C=O) groups excluding carboxylic acids is 2. The van der Waals surface area contributed by atoms with E-state index in [1.807, 2.05) is 0 Å².